The number of nitrogens with zero attached hydrogens (tertiary/aromatic N) is 1. The molecule has 0 unspecified atom stereocenters. The number of hydrogen-bond donors (Lipinski definition) is 3. The smallest absolute Gasteiger partial charge is 0.322 e. The van der Waals surface area contributed by atoms with Gasteiger partial charge < -0.3 is 16.0 Å². The van der Waals surface area contributed by atoms with Gasteiger partial charge in [-0.3, -0.25) is 9.63 Å². The van der Waals surface area contributed by atoms with E-state index in [4.69, 9.17) is 4.84 Å². The van der Waals surface area contributed by atoms with E-state index in [1.54, 1.807) is 30.3 Å². The Morgan fingerprint density at radius 1 is 0.848 bits per heavy atom. The number of hydrogen-bond acceptors (Lipinski definition) is 5. The Morgan fingerprint density at radius 3 is 2.12 bits per heavy atom. The molecule has 10 heteroatoms. The van der Waals surface area contributed by atoms with Gasteiger partial charge in [0.15, 0.2) is 0 Å². The van der Waals surface area contributed by atoms with E-state index < -0.39 is 22.0 Å². The fraction of sp³-hybridized carbons (Fsp3) is 0.130. The van der Waals surface area contributed by atoms with E-state index in [-0.39, 0.29) is 10.5 Å². The summed E-state index contributed by atoms with van der Waals surface area (Å²) in [5.41, 5.74) is 2.71. The number of aryl methyl sites for hydroxylation is 1. The van der Waals surface area contributed by atoms with Crippen molar-refractivity contribution in [2.45, 2.75) is 11.8 Å². The predicted molar refractivity (Wildman–Crippen MR) is 127 cm³/mol. The molecule has 3 N–H and O–H groups in total. The van der Waals surface area contributed by atoms with Gasteiger partial charge in [-0.2, -0.15) is 0 Å². The molecular formula is C23H24N4O5S. The van der Waals surface area contributed by atoms with Crippen LogP contribution in [0.25, 0.3) is 0 Å². The van der Waals surface area contributed by atoms with Crippen LogP contribution in [0.15, 0.2) is 77.7 Å². The molecule has 33 heavy (non-hydrogen) atoms. The van der Waals surface area contributed by atoms with Gasteiger partial charge in [-0.05, 0) is 61.0 Å². The van der Waals surface area contributed by atoms with Crippen molar-refractivity contribution in [2.24, 2.45) is 0 Å². The van der Waals surface area contributed by atoms with Crippen LogP contribution in [0, 0.1) is 6.92 Å². The van der Waals surface area contributed by atoms with Crippen molar-refractivity contribution in [1.29, 1.82) is 0 Å². The zero-order chi connectivity index (χ0) is 24.0. The van der Waals surface area contributed by atoms with E-state index >= 15 is 0 Å². The molecule has 3 rings (SSSR count). The number of carbonyl (C=O) groups is 2. The van der Waals surface area contributed by atoms with Gasteiger partial charge in [-0.15, -0.1) is 0 Å². The Kier molecular flexibility index (Phi) is 7.44. The van der Waals surface area contributed by atoms with Crippen LogP contribution in [0.5, 0.6) is 0 Å². The first-order chi connectivity index (χ1) is 15.7. The quantitative estimate of drug-likeness (QED) is 0.452. The second-order valence-corrected chi connectivity index (χ2v) is 8.99. The van der Waals surface area contributed by atoms with Crippen molar-refractivity contribution in [3.05, 3.63) is 83.9 Å². The van der Waals surface area contributed by atoms with Crippen LogP contribution in [0.2, 0.25) is 0 Å². The lowest BCUT2D eigenvalue weighted by Gasteiger charge is -2.14. The molecule has 0 aliphatic heterocycles. The highest BCUT2D eigenvalue weighted by Gasteiger charge is 2.21. The minimum absolute atomic E-state index is 0.00444. The van der Waals surface area contributed by atoms with Gasteiger partial charge in [0.05, 0.1) is 12.0 Å². The second kappa shape index (κ2) is 10.3. The third-order valence-corrected chi connectivity index (χ3v) is 6.48. The van der Waals surface area contributed by atoms with E-state index in [2.05, 4.69) is 16.0 Å². The van der Waals surface area contributed by atoms with Crippen molar-refractivity contribution >= 4 is 39.0 Å². The number of anilines is 3. The number of rotatable bonds is 7. The fourth-order valence-corrected chi connectivity index (χ4v) is 3.84. The molecule has 0 fully saturated rings. The summed E-state index contributed by atoms with van der Waals surface area (Å²) in [6, 6.07) is 19.2. The highest BCUT2D eigenvalue weighted by Crippen LogP contribution is 2.22. The molecule has 3 aromatic carbocycles. The maximum absolute atomic E-state index is 12.7. The van der Waals surface area contributed by atoms with E-state index in [0.717, 1.165) is 10.0 Å². The van der Waals surface area contributed by atoms with E-state index in [0.29, 0.717) is 17.1 Å². The molecule has 0 aliphatic carbocycles. The Balaban J connectivity index is 1.70. The number of nitrogens with one attached hydrogen (secondary N) is 3. The van der Waals surface area contributed by atoms with Crippen LogP contribution in [-0.4, -0.2) is 39.0 Å². The van der Waals surface area contributed by atoms with Crippen molar-refractivity contribution in [3.8, 4) is 0 Å². The molecule has 0 heterocycles. The molecule has 0 atom stereocenters. The Hall–Kier alpha value is -3.73. The number of urea groups is 1. The number of carbonyl (C=O) groups excluding carboxylic acids is 2. The van der Waals surface area contributed by atoms with Gasteiger partial charge in [0, 0.05) is 29.7 Å². The van der Waals surface area contributed by atoms with Gasteiger partial charge in [0.2, 0.25) is 0 Å². The third-order valence-electron chi connectivity index (χ3n) is 4.79. The largest absolute Gasteiger partial charge is 0.323 e. The average Bonchev–Trinajstić information content (AvgIpc) is 2.81. The van der Waals surface area contributed by atoms with Gasteiger partial charge in [0.25, 0.3) is 15.9 Å². The topological polar surface area (TPSA) is 117 Å². The molecule has 0 radical (unpaired) electrons. The summed E-state index contributed by atoms with van der Waals surface area (Å²) >= 11 is 0. The van der Waals surface area contributed by atoms with Crippen LogP contribution < -0.4 is 16.0 Å². The van der Waals surface area contributed by atoms with E-state index in [1.807, 2.05) is 25.1 Å². The Morgan fingerprint density at radius 2 is 1.48 bits per heavy atom. The first-order valence-corrected chi connectivity index (χ1v) is 11.3. The fourth-order valence-electron chi connectivity index (χ4n) is 2.87. The van der Waals surface area contributed by atoms with Crippen molar-refractivity contribution in [2.75, 3.05) is 30.1 Å². The second-order valence-electron chi connectivity index (χ2n) is 7.05. The first-order valence-electron chi connectivity index (χ1n) is 9.89. The molecule has 0 aliphatic rings. The zero-order valence-corrected chi connectivity index (χ0v) is 19.1. The highest BCUT2D eigenvalue weighted by atomic mass is 32.2. The van der Waals surface area contributed by atoms with Crippen molar-refractivity contribution in [3.63, 3.8) is 0 Å². The zero-order valence-electron chi connectivity index (χ0n) is 18.3. The molecule has 0 spiro atoms. The molecular weight excluding hydrogens is 444 g/mol. The summed E-state index contributed by atoms with van der Waals surface area (Å²) < 4.78 is 25.3. The van der Waals surface area contributed by atoms with Crippen LogP contribution in [-0.2, 0) is 14.9 Å². The molecule has 3 aromatic rings. The third kappa shape index (κ3) is 5.95. The molecule has 9 nitrogen and oxygen atoms in total. The van der Waals surface area contributed by atoms with Gasteiger partial charge in [0.1, 0.15) is 0 Å². The predicted octanol–water partition coefficient (Wildman–Crippen LogP) is 4.07. The summed E-state index contributed by atoms with van der Waals surface area (Å²) in [6.45, 7) is 1.82. The normalized spacial score (nSPS) is 11.2. The highest BCUT2D eigenvalue weighted by molar-refractivity contribution is 7.89. The summed E-state index contributed by atoms with van der Waals surface area (Å²) in [5, 5.41) is 8.24. The standard InChI is InChI=1S/C23H24N4O5S/c1-16-9-12-19(25-23(29)24-18-7-5-4-6-8-18)15-21(16)26-22(28)17-10-13-20(14-11-17)33(30,31)27(2)32-3/h4-15H,1-3H3,(H,26,28)(H2,24,25,29). The lowest BCUT2D eigenvalue weighted by molar-refractivity contribution is -0.0258. The van der Waals surface area contributed by atoms with Gasteiger partial charge >= 0.3 is 6.03 Å². The number of para-hydroxylation sites is 1. The SMILES string of the molecule is CON(C)S(=O)(=O)c1ccc(C(=O)Nc2cc(NC(=O)Nc3ccccc3)ccc2C)cc1. The summed E-state index contributed by atoms with van der Waals surface area (Å²) in [6.07, 6.45) is 0. The lowest BCUT2D eigenvalue weighted by Crippen LogP contribution is -2.25. The van der Waals surface area contributed by atoms with E-state index in [1.165, 1.54) is 38.4 Å². The maximum Gasteiger partial charge on any atom is 0.323 e. The molecule has 0 saturated carbocycles. The molecule has 172 valence electrons. The van der Waals surface area contributed by atoms with Gasteiger partial charge in [-0.1, -0.05) is 28.7 Å². The van der Waals surface area contributed by atoms with Crippen LogP contribution >= 0.6 is 0 Å². The number of amides is 3. The van der Waals surface area contributed by atoms with Crippen molar-refractivity contribution < 1.29 is 22.8 Å². The maximum atomic E-state index is 12.7. The molecule has 3 amide bonds. The first kappa shape index (κ1) is 23.9. The minimum Gasteiger partial charge on any atom is -0.322 e. The Bertz CT molecular complexity index is 1250. The number of sulfonamides is 1. The van der Waals surface area contributed by atoms with Crippen molar-refractivity contribution in [1.82, 2.24) is 4.47 Å². The van der Waals surface area contributed by atoms with Gasteiger partial charge in [-0.25, -0.2) is 13.2 Å². The van der Waals surface area contributed by atoms with E-state index in [9.17, 15) is 18.0 Å². The summed E-state index contributed by atoms with van der Waals surface area (Å²) in [5.74, 6) is -0.423. The summed E-state index contributed by atoms with van der Waals surface area (Å²) in [4.78, 5) is 29.7. The summed E-state index contributed by atoms with van der Waals surface area (Å²) in [7, 11) is -1.28. The minimum atomic E-state index is -3.80. The molecule has 0 saturated heterocycles. The average molecular weight is 469 g/mol. The monoisotopic (exact) mass is 468 g/mol. The Labute approximate surface area is 192 Å². The van der Waals surface area contributed by atoms with Crippen LogP contribution in [0.3, 0.4) is 0 Å². The molecule has 0 aromatic heterocycles. The lowest BCUT2D eigenvalue weighted by atomic mass is 10.1. The van der Waals surface area contributed by atoms with Crippen LogP contribution in [0.1, 0.15) is 15.9 Å². The molecule has 0 bridgehead atoms. The van der Waals surface area contributed by atoms with Crippen LogP contribution in [0.4, 0.5) is 21.9 Å². The number of hydroxylamine groups is 1. The number of benzene rings is 3.